The Bertz CT molecular complexity index is 530. The fourth-order valence-corrected chi connectivity index (χ4v) is 2.21. The Kier molecular flexibility index (Phi) is 5.41. The van der Waals surface area contributed by atoms with Gasteiger partial charge >= 0.3 is 0 Å². The van der Waals surface area contributed by atoms with Gasteiger partial charge in [0.25, 0.3) is 5.91 Å². The van der Waals surface area contributed by atoms with E-state index in [-0.39, 0.29) is 30.2 Å². The van der Waals surface area contributed by atoms with Crippen molar-refractivity contribution in [2.75, 3.05) is 32.8 Å². The minimum absolute atomic E-state index is 0.0149. The van der Waals surface area contributed by atoms with Crippen molar-refractivity contribution in [3.63, 3.8) is 0 Å². The van der Waals surface area contributed by atoms with Crippen LogP contribution in [0.2, 0.25) is 5.02 Å². The number of aromatic hydroxyl groups is 1. The number of amides is 2. The summed E-state index contributed by atoms with van der Waals surface area (Å²) in [6, 6.07) is 4.27. The fraction of sp³-hybridized carbons (Fsp3) is 0.429. The summed E-state index contributed by atoms with van der Waals surface area (Å²) in [5.74, 6) is -0.627. The van der Waals surface area contributed by atoms with Crippen molar-refractivity contribution in [3.8, 4) is 5.75 Å². The van der Waals surface area contributed by atoms with Gasteiger partial charge in [-0.2, -0.15) is 0 Å². The summed E-state index contributed by atoms with van der Waals surface area (Å²) in [7, 11) is 0. The first-order valence-corrected chi connectivity index (χ1v) is 7.08. The van der Waals surface area contributed by atoms with Gasteiger partial charge in [-0.3, -0.25) is 9.59 Å². The second kappa shape index (κ2) is 7.28. The number of morpholine rings is 1. The van der Waals surface area contributed by atoms with E-state index in [1.807, 2.05) is 0 Å². The highest BCUT2D eigenvalue weighted by atomic mass is 35.5. The summed E-state index contributed by atoms with van der Waals surface area (Å²) in [5, 5.41) is 12.6. The lowest BCUT2D eigenvalue weighted by Crippen LogP contribution is -2.42. The van der Waals surface area contributed by atoms with E-state index in [0.29, 0.717) is 31.3 Å². The van der Waals surface area contributed by atoms with Gasteiger partial charge in [0.1, 0.15) is 5.75 Å². The Labute approximate surface area is 127 Å². The Morgan fingerprint density at radius 3 is 2.71 bits per heavy atom. The minimum atomic E-state index is -0.432. The second-order valence-electron chi connectivity index (χ2n) is 4.66. The van der Waals surface area contributed by atoms with Crippen molar-refractivity contribution in [3.05, 3.63) is 28.8 Å². The normalized spacial score (nSPS) is 14.8. The van der Waals surface area contributed by atoms with E-state index in [1.54, 1.807) is 4.90 Å². The number of nitrogens with one attached hydrogen (secondary N) is 1. The third-order valence-electron chi connectivity index (χ3n) is 3.19. The molecular weight excluding hydrogens is 296 g/mol. The third-order valence-corrected chi connectivity index (χ3v) is 3.43. The number of ether oxygens (including phenoxy) is 1. The Hall–Kier alpha value is -1.79. The molecule has 1 heterocycles. The molecule has 0 saturated carbocycles. The van der Waals surface area contributed by atoms with Gasteiger partial charge in [-0.25, -0.2) is 0 Å². The van der Waals surface area contributed by atoms with Crippen molar-refractivity contribution >= 4 is 23.4 Å². The molecule has 0 atom stereocenters. The maximum atomic E-state index is 11.9. The van der Waals surface area contributed by atoms with E-state index >= 15 is 0 Å². The van der Waals surface area contributed by atoms with Crippen LogP contribution in [0.1, 0.15) is 16.8 Å². The van der Waals surface area contributed by atoms with Crippen molar-refractivity contribution < 1.29 is 19.4 Å². The number of hydrogen-bond acceptors (Lipinski definition) is 4. The molecule has 7 heteroatoms. The zero-order chi connectivity index (χ0) is 15.2. The Balaban J connectivity index is 1.79. The molecule has 0 bridgehead atoms. The minimum Gasteiger partial charge on any atom is -0.507 e. The van der Waals surface area contributed by atoms with E-state index in [9.17, 15) is 14.7 Å². The van der Waals surface area contributed by atoms with Gasteiger partial charge in [0.05, 0.1) is 18.8 Å². The predicted octanol–water partition coefficient (Wildman–Crippen LogP) is 1.02. The van der Waals surface area contributed by atoms with Crippen LogP contribution >= 0.6 is 11.6 Å². The fourth-order valence-electron chi connectivity index (χ4n) is 2.05. The highest BCUT2D eigenvalue weighted by Crippen LogP contribution is 2.21. The maximum Gasteiger partial charge on any atom is 0.255 e. The van der Waals surface area contributed by atoms with Crippen LogP contribution in [-0.4, -0.2) is 54.7 Å². The number of rotatable bonds is 4. The largest absolute Gasteiger partial charge is 0.507 e. The van der Waals surface area contributed by atoms with Crippen LogP contribution in [0.3, 0.4) is 0 Å². The first-order chi connectivity index (χ1) is 10.1. The van der Waals surface area contributed by atoms with Crippen LogP contribution in [0.25, 0.3) is 0 Å². The van der Waals surface area contributed by atoms with E-state index in [2.05, 4.69) is 5.32 Å². The lowest BCUT2D eigenvalue weighted by Gasteiger charge is -2.26. The molecule has 2 rings (SSSR count). The highest BCUT2D eigenvalue weighted by Gasteiger charge is 2.17. The second-order valence-corrected chi connectivity index (χ2v) is 5.10. The number of halogens is 1. The number of phenolic OH excluding ortho intramolecular Hbond substituents is 1. The average Bonchev–Trinajstić information content (AvgIpc) is 2.47. The Morgan fingerprint density at radius 2 is 2.05 bits per heavy atom. The smallest absolute Gasteiger partial charge is 0.255 e. The van der Waals surface area contributed by atoms with Crippen LogP contribution < -0.4 is 5.32 Å². The van der Waals surface area contributed by atoms with E-state index < -0.39 is 5.91 Å². The molecule has 0 aromatic heterocycles. The van der Waals surface area contributed by atoms with Crippen LogP contribution in [0.15, 0.2) is 18.2 Å². The third kappa shape index (κ3) is 4.34. The molecule has 0 unspecified atom stereocenters. The van der Waals surface area contributed by atoms with Gasteiger partial charge in [-0.15, -0.1) is 0 Å². The molecule has 2 amide bonds. The number of phenols is 1. The topological polar surface area (TPSA) is 78.9 Å². The molecule has 6 nitrogen and oxygen atoms in total. The summed E-state index contributed by atoms with van der Waals surface area (Å²) < 4.78 is 5.17. The molecule has 2 N–H and O–H groups in total. The summed E-state index contributed by atoms with van der Waals surface area (Å²) in [6.45, 7) is 2.50. The summed E-state index contributed by atoms with van der Waals surface area (Å²) in [6.07, 6.45) is 0.222. The van der Waals surface area contributed by atoms with Crippen molar-refractivity contribution in [2.24, 2.45) is 0 Å². The van der Waals surface area contributed by atoms with E-state index in [0.717, 1.165) is 0 Å². The van der Waals surface area contributed by atoms with E-state index in [4.69, 9.17) is 16.3 Å². The standard InChI is InChI=1S/C14H17ClN2O4/c15-10-1-2-11(12(18)9-10)14(20)16-4-3-13(19)17-5-7-21-8-6-17/h1-2,9,18H,3-8H2,(H,16,20). The number of hydrogen-bond donors (Lipinski definition) is 2. The molecular formula is C14H17ClN2O4. The Morgan fingerprint density at radius 1 is 1.33 bits per heavy atom. The van der Waals surface area contributed by atoms with E-state index in [1.165, 1.54) is 18.2 Å². The van der Waals surface area contributed by atoms with Crippen LogP contribution in [0.5, 0.6) is 5.75 Å². The predicted molar refractivity (Wildman–Crippen MR) is 77.5 cm³/mol. The van der Waals surface area contributed by atoms with Gasteiger partial charge in [0, 0.05) is 31.1 Å². The van der Waals surface area contributed by atoms with Gasteiger partial charge in [-0.05, 0) is 18.2 Å². The molecule has 0 aliphatic carbocycles. The maximum absolute atomic E-state index is 11.9. The molecule has 1 saturated heterocycles. The SMILES string of the molecule is O=C(NCCC(=O)N1CCOCC1)c1ccc(Cl)cc1O. The van der Waals surface area contributed by atoms with Crippen LogP contribution in [0.4, 0.5) is 0 Å². The molecule has 1 aliphatic heterocycles. The van der Waals surface area contributed by atoms with Crippen LogP contribution in [-0.2, 0) is 9.53 Å². The first kappa shape index (κ1) is 15.6. The molecule has 0 radical (unpaired) electrons. The van der Waals surface area contributed by atoms with Gasteiger partial charge in [-0.1, -0.05) is 11.6 Å². The number of benzene rings is 1. The van der Waals surface area contributed by atoms with Crippen molar-refractivity contribution in [1.82, 2.24) is 10.2 Å². The number of nitrogens with zero attached hydrogens (tertiary/aromatic N) is 1. The van der Waals surface area contributed by atoms with Crippen molar-refractivity contribution in [1.29, 1.82) is 0 Å². The molecule has 1 fully saturated rings. The monoisotopic (exact) mass is 312 g/mol. The number of carbonyl (C=O) groups is 2. The zero-order valence-electron chi connectivity index (χ0n) is 11.5. The van der Waals surface area contributed by atoms with Crippen LogP contribution in [0, 0.1) is 0 Å². The highest BCUT2D eigenvalue weighted by molar-refractivity contribution is 6.30. The lowest BCUT2D eigenvalue weighted by molar-refractivity contribution is -0.135. The van der Waals surface area contributed by atoms with Gasteiger partial charge in [0.2, 0.25) is 5.91 Å². The summed E-state index contributed by atoms with van der Waals surface area (Å²) in [5.41, 5.74) is 0.137. The molecule has 1 aromatic rings. The lowest BCUT2D eigenvalue weighted by atomic mass is 10.2. The van der Waals surface area contributed by atoms with Crippen molar-refractivity contribution in [2.45, 2.75) is 6.42 Å². The molecule has 21 heavy (non-hydrogen) atoms. The zero-order valence-corrected chi connectivity index (χ0v) is 12.2. The molecule has 1 aromatic carbocycles. The molecule has 0 spiro atoms. The number of carbonyl (C=O) groups excluding carboxylic acids is 2. The first-order valence-electron chi connectivity index (χ1n) is 6.70. The molecule has 1 aliphatic rings. The summed E-state index contributed by atoms with van der Waals surface area (Å²) in [4.78, 5) is 25.5. The average molecular weight is 313 g/mol. The van der Waals surface area contributed by atoms with Gasteiger partial charge in [0.15, 0.2) is 0 Å². The molecule has 114 valence electrons. The quantitative estimate of drug-likeness (QED) is 0.870. The van der Waals surface area contributed by atoms with Gasteiger partial charge < -0.3 is 20.1 Å². The summed E-state index contributed by atoms with van der Waals surface area (Å²) >= 11 is 5.70.